The summed E-state index contributed by atoms with van der Waals surface area (Å²) in [6.45, 7) is 11.5. The van der Waals surface area contributed by atoms with Crippen molar-refractivity contribution in [1.29, 1.82) is 0 Å². The number of carbonyl (C=O) groups excluding carboxylic acids is 1. The Morgan fingerprint density at radius 1 is 1.14 bits per heavy atom. The van der Waals surface area contributed by atoms with E-state index >= 15 is 0 Å². The fraction of sp³-hybridized carbons (Fsp3) is 0.370. The lowest BCUT2D eigenvalue weighted by Crippen LogP contribution is -2.37. The molecule has 0 unspecified atom stereocenters. The Kier molecular flexibility index (Phi) is 4.86. The van der Waals surface area contributed by atoms with Crippen LogP contribution in [-0.2, 0) is 14.9 Å². The molecule has 1 aliphatic carbocycles. The van der Waals surface area contributed by atoms with Gasteiger partial charge in [-0.15, -0.1) is 0 Å². The minimum atomic E-state index is -0.472. The predicted molar refractivity (Wildman–Crippen MR) is 120 cm³/mol. The molecule has 0 N–H and O–H groups in total. The van der Waals surface area contributed by atoms with Gasteiger partial charge in [0.1, 0.15) is 0 Å². The van der Waals surface area contributed by atoms with E-state index in [0.29, 0.717) is 13.0 Å². The highest BCUT2D eigenvalue weighted by Crippen LogP contribution is 2.46. The average molecular weight is 387 g/mol. The monoisotopic (exact) mass is 386 g/mol. The van der Waals surface area contributed by atoms with E-state index < -0.39 is 5.60 Å². The third-order valence-corrected chi connectivity index (χ3v) is 6.39. The fourth-order valence-corrected chi connectivity index (χ4v) is 4.39. The van der Waals surface area contributed by atoms with Crippen molar-refractivity contribution in [2.45, 2.75) is 58.0 Å². The maximum absolute atomic E-state index is 12.3. The number of hydrogen-bond donors (Lipinski definition) is 0. The summed E-state index contributed by atoms with van der Waals surface area (Å²) >= 11 is 0. The normalized spacial score (nSPS) is 25.5. The van der Waals surface area contributed by atoms with E-state index in [2.05, 4.69) is 83.2 Å². The minimum Gasteiger partial charge on any atom is -0.366 e. The van der Waals surface area contributed by atoms with Crippen molar-refractivity contribution in [2.24, 2.45) is 0 Å². The topological polar surface area (TPSA) is 26.3 Å². The van der Waals surface area contributed by atoms with Gasteiger partial charge in [-0.3, -0.25) is 4.79 Å². The Labute approximate surface area is 174 Å². The molecule has 2 nitrogen and oxygen atoms in total. The number of benzene rings is 2. The summed E-state index contributed by atoms with van der Waals surface area (Å²) in [5, 5.41) is 0. The van der Waals surface area contributed by atoms with Gasteiger partial charge in [0.25, 0.3) is 0 Å². The van der Waals surface area contributed by atoms with Gasteiger partial charge in [0, 0.05) is 12.3 Å². The first-order chi connectivity index (χ1) is 13.7. The van der Waals surface area contributed by atoms with Gasteiger partial charge in [-0.25, -0.2) is 0 Å². The van der Waals surface area contributed by atoms with E-state index in [0.717, 1.165) is 0 Å². The van der Waals surface area contributed by atoms with Crippen LogP contribution in [0, 0.1) is 6.92 Å². The number of fused-ring (bicyclic) bond motifs is 3. The van der Waals surface area contributed by atoms with Crippen LogP contribution in [0.15, 0.2) is 54.6 Å². The molecule has 0 radical (unpaired) electrons. The second kappa shape index (κ2) is 7.11. The van der Waals surface area contributed by atoms with Gasteiger partial charge in [0.2, 0.25) is 0 Å². The summed E-state index contributed by atoms with van der Waals surface area (Å²) in [5.41, 5.74) is 6.93. The summed E-state index contributed by atoms with van der Waals surface area (Å²) < 4.78 is 6.47. The van der Waals surface area contributed by atoms with Crippen molar-refractivity contribution in [3.8, 4) is 0 Å². The Hall–Kier alpha value is -2.45. The third-order valence-electron chi connectivity index (χ3n) is 6.39. The molecule has 4 rings (SSSR count). The zero-order valence-electron chi connectivity index (χ0n) is 18.1. The van der Waals surface area contributed by atoms with Crippen LogP contribution in [0.1, 0.15) is 67.9 Å². The molecule has 2 atom stereocenters. The molecule has 0 fully saturated rings. The van der Waals surface area contributed by atoms with Crippen LogP contribution < -0.4 is 0 Å². The largest absolute Gasteiger partial charge is 0.366 e. The van der Waals surface area contributed by atoms with Crippen molar-refractivity contribution < 1.29 is 9.53 Å². The van der Waals surface area contributed by atoms with Crippen LogP contribution in [0.25, 0.3) is 11.6 Å². The summed E-state index contributed by atoms with van der Waals surface area (Å²) in [7, 11) is 0. The maximum Gasteiger partial charge on any atom is 0.156 e. The molecule has 0 saturated carbocycles. The van der Waals surface area contributed by atoms with Crippen LogP contribution in [-0.4, -0.2) is 18.0 Å². The van der Waals surface area contributed by atoms with Crippen LogP contribution in [0.5, 0.6) is 0 Å². The van der Waals surface area contributed by atoms with E-state index in [-0.39, 0.29) is 17.1 Å². The molecule has 0 amide bonds. The van der Waals surface area contributed by atoms with Gasteiger partial charge >= 0.3 is 0 Å². The first kappa shape index (κ1) is 19.8. The van der Waals surface area contributed by atoms with Gasteiger partial charge in [0.15, 0.2) is 5.78 Å². The summed E-state index contributed by atoms with van der Waals surface area (Å²) in [4.78, 5) is 12.3. The Bertz CT molecular complexity index is 1020. The Morgan fingerprint density at radius 3 is 2.62 bits per heavy atom. The fourth-order valence-electron chi connectivity index (χ4n) is 4.39. The molecule has 0 aromatic heterocycles. The predicted octanol–water partition coefficient (Wildman–Crippen LogP) is 6.23. The number of ketones is 1. The third kappa shape index (κ3) is 3.74. The zero-order chi connectivity index (χ0) is 20.8. The average Bonchev–Trinajstić information content (AvgIpc) is 2.78. The molecule has 29 heavy (non-hydrogen) atoms. The minimum absolute atomic E-state index is 0.0278. The van der Waals surface area contributed by atoms with E-state index in [1.54, 1.807) is 6.08 Å². The molecule has 2 aliphatic rings. The SMILES string of the molecule is Cc1ccccc1/C=C1\CO[C@@]2(C)C=CC(=O)C[C@H]2c2cc(C(C)(C)C)ccc21. The molecule has 0 bridgehead atoms. The number of carbonyl (C=O) groups is 1. The highest BCUT2D eigenvalue weighted by Gasteiger charge is 2.42. The Balaban J connectivity index is 1.93. The lowest BCUT2D eigenvalue weighted by atomic mass is 9.73. The first-order valence-corrected chi connectivity index (χ1v) is 10.4. The van der Waals surface area contributed by atoms with E-state index in [4.69, 9.17) is 4.74 Å². The van der Waals surface area contributed by atoms with Crippen molar-refractivity contribution in [3.63, 3.8) is 0 Å². The Morgan fingerprint density at radius 2 is 1.90 bits per heavy atom. The lowest BCUT2D eigenvalue weighted by molar-refractivity contribution is -0.117. The van der Waals surface area contributed by atoms with Gasteiger partial charge in [-0.1, -0.05) is 63.2 Å². The molecule has 2 aromatic carbocycles. The molecular weight excluding hydrogens is 356 g/mol. The molecule has 1 aliphatic heterocycles. The summed E-state index contributed by atoms with van der Waals surface area (Å²) in [6, 6.07) is 15.2. The molecule has 0 saturated heterocycles. The molecule has 2 heteroatoms. The van der Waals surface area contributed by atoms with Crippen molar-refractivity contribution in [2.75, 3.05) is 6.61 Å². The molecule has 0 spiro atoms. The molecular formula is C27H30O2. The highest BCUT2D eigenvalue weighted by atomic mass is 16.5. The number of hydrogen-bond acceptors (Lipinski definition) is 2. The van der Waals surface area contributed by atoms with Gasteiger partial charge in [-0.05, 0) is 70.9 Å². The van der Waals surface area contributed by atoms with Gasteiger partial charge < -0.3 is 4.74 Å². The number of ether oxygens (including phenoxy) is 1. The van der Waals surface area contributed by atoms with Crippen molar-refractivity contribution >= 4 is 17.4 Å². The van der Waals surface area contributed by atoms with E-state index in [1.807, 2.05) is 6.08 Å². The van der Waals surface area contributed by atoms with Gasteiger partial charge in [0.05, 0.1) is 12.2 Å². The zero-order valence-corrected chi connectivity index (χ0v) is 18.1. The lowest BCUT2D eigenvalue weighted by Gasteiger charge is -2.36. The number of rotatable bonds is 1. The smallest absolute Gasteiger partial charge is 0.156 e. The number of aryl methyl sites for hydroxylation is 1. The summed E-state index contributed by atoms with van der Waals surface area (Å²) in [5.74, 6) is 0.203. The highest BCUT2D eigenvalue weighted by molar-refractivity contribution is 5.93. The van der Waals surface area contributed by atoms with Crippen LogP contribution >= 0.6 is 0 Å². The quantitative estimate of drug-likeness (QED) is 0.580. The number of allylic oxidation sites excluding steroid dienone is 1. The van der Waals surface area contributed by atoms with Crippen LogP contribution in [0.3, 0.4) is 0 Å². The second-order valence-electron chi connectivity index (χ2n) is 9.61. The van der Waals surface area contributed by atoms with Gasteiger partial charge in [-0.2, -0.15) is 0 Å². The first-order valence-electron chi connectivity index (χ1n) is 10.4. The second-order valence-corrected chi connectivity index (χ2v) is 9.61. The molecule has 1 heterocycles. The summed E-state index contributed by atoms with van der Waals surface area (Å²) in [6.07, 6.45) is 6.40. The van der Waals surface area contributed by atoms with E-state index in [9.17, 15) is 4.79 Å². The molecule has 2 aromatic rings. The standard InChI is InChI=1S/C27H30O2/c1-18-8-6-7-9-19(18)14-20-17-29-27(5)13-12-22(28)16-25(27)24-15-21(26(2,3)4)10-11-23(20)24/h6-15,25H,16-17H2,1-5H3/b20-14+/t25-,27-/m0/s1. The maximum atomic E-state index is 12.3. The van der Waals surface area contributed by atoms with E-state index in [1.165, 1.54) is 33.4 Å². The molecule has 150 valence electrons. The van der Waals surface area contributed by atoms with Crippen molar-refractivity contribution in [3.05, 3.63) is 82.4 Å². The van der Waals surface area contributed by atoms with Crippen LogP contribution in [0.2, 0.25) is 0 Å². The van der Waals surface area contributed by atoms with Crippen molar-refractivity contribution in [1.82, 2.24) is 0 Å². The van der Waals surface area contributed by atoms with Crippen LogP contribution in [0.4, 0.5) is 0 Å².